The van der Waals surface area contributed by atoms with Gasteiger partial charge in [-0.1, -0.05) is 41.4 Å². The molecule has 2 saturated heterocycles. The first-order valence-corrected chi connectivity index (χ1v) is 11.9. The van der Waals surface area contributed by atoms with E-state index >= 15 is 0 Å². The minimum absolute atomic E-state index is 0.0403. The van der Waals surface area contributed by atoms with E-state index in [1.807, 2.05) is 43.0 Å². The van der Waals surface area contributed by atoms with Gasteiger partial charge in [-0.2, -0.15) is 0 Å². The van der Waals surface area contributed by atoms with E-state index in [0.29, 0.717) is 39.6 Å². The van der Waals surface area contributed by atoms with Crippen LogP contribution in [-0.2, 0) is 0 Å². The molecular weight excluding hydrogens is 445 g/mol. The zero-order valence-electron chi connectivity index (χ0n) is 18.5. The third kappa shape index (κ3) is 4.95. The van der Waals surface area contributed by atoms with Crippen molar-refractivity contribution >= 4 is 35.0 Å². The van der Waals surface area contributed by atoms with E-state index in [-0.39, 0.29) is 11.8 Å². The average molecular weight is 474 g/mol. The number of hydrogen-bond acceptors (Lipinski definition) is 3. The van der Waals surface area contributed by atoms with Crippen molar-refractivity contribution in [3.05, 3.63) is 68.7 Å². The van der Waals surface area contributed by atoms with E-state index in [1.165, 1.54) is 0 Å². The van der Waals surface area contributed by atoms with Gasteiger partial charge in [0, 0.05) is 43.3 Å². The fraction of sp³-hybridized carbons (Fsp3) is 0.440. The number of fused-ring (bicyclic) bond motifs is 1. The van der Waals surface area contributed by atoms with Crippen molar-refractivity contribution in [2.24, 2.45) is 11.8 Å². The molecule has 2 aliphatic rings. The molecule has 170 valence electrons. The normalized spacial score (nSPS) is 20.4. The molecule has 5 nitrogen and oxygen atoms in total. The van der Waals surface area contributed by atoms with Gasteiger partial charge in [-0.15, -0.1) is 0 Å². The van der Waals surface area contributed by atoms with Crippen LogP contribution in [0.2, 0.25) is 10.0 Å². The van der Waals surface area contributed by atoms with Crippen LogP contribution >= 0.6 is 23.2 Å². The lowest BCUT2D eigenvalue weighted by Crippen LogP contribution is -2.34. The highest BCUT2D eigenvalue weighted by Gasteiger charge is 2.41. The molecule has 0 saturated carbocycles. The predicted octanol–water partition coefficient (Wildman–Crippen LogP) is 4.43. The molecular formula is C25H29Cl2N3O2. The van der Waals surface area contributed by atoms with Crippen LogP contribution in [0.5, 0.6) is 0 Å². The molecule has 2 aromatic rings. The highest BCUT2D eigenvalue weighted by molar-refractivity contribution is 6.34. The molecule has 32 heavy (non-hydrogen) atoms. The third-order valence-electron chi connectivity index (χ3n) is 6.64. The number of likely N-dealkylation sites (tertiary alicyclic amines) is 2. The van der Waals surface area contributed by atoms with Gasteiger partial charge in [0.2, 0.25) is 0 Å². The van der Waals surface area contributed by atoms with Gasteiger partial charge in [0.25, 0.3) is 11.8 Å². The summed E-state index contributed by atoms with van der Waals surface area (Å²) in [7, 11) is 0. The first-order valence-electron chi connectivity index (χ1n) is 11.1. The van der Waals surface area contributed by atoms with Crippen LogP contribution in [0.3, 0.4) is 0 Å². The Morgan fingerprint density at radius 3 is 2.41 bits per heavy atom. The Bertz CT molecular complexity index is 1010. The van der Waals surface area contributed by atoms with Gasteiger partial charge >= 0.3 is 0 Å². The standard InChI is InChI=1S/C25H29Cl2N3O2/c1-16-7-8-18(11-22(16)26)24(31)28-9-4-10-29-12-19-14-30(15-20(19)13-29)25(32)21-6-3-5-17(2)23(21)27/h3,5-8,11,19-20H,4,9-10,12-15H2,1-2H3,(H,28,31). The van der Waals surface area contributed by atoms with Crippen molar-refractivity contribution in [1.82, 2.24) is 15.1 Å². The van der Waals surface area contributed by atoms with Gasteiger partial charge in [0.1, 0.15) is 0 Å². The Morgan fingerprint density at radius 1 is 1.00 bits per heavy atom. The first-order chi connectivity index (χ1) is 15.3. The molecule has 0 spiro atoms. The first kappa shape index (κ1) is 23.1. The summed E-state index contributed by atoms with van der Waals surface area (Å²) >= 11 is 12.5. The zero-order valence-corrected chi connectivity index (χ0v) is 20.0. The predicted molar refractivity (Wildman–Crippen MR) is 129 cm³/mol. The number of nitrogens with zero attached hydrogens (tertiary/aromatic N) is 2. The molecule has 0 aromatic heterocycles. The summed E-state index contributed by atoms with van der Waals surface area (Å²) in [5.74, 6) is 0.964. The van der Waals surface area contributed by atoms with Crippen LogP contribution in [0.1, 0.15) is 38.3 Å². The quantitative estimate of drug-likeness (QED) is 0.631. The number of halogens is 2. The molecule has 2 aliphatic heterocycles. The number of hydrogen-bond donors (Lipinski definition) is 1. The zero-order chi connectivity index (χ0) is 22.8. The fourth-order valence-electron chi connectivity index (χ4n) is 4.76. The Balaban J connectivity index is 1.20. The monoisotopic (exact) mass is 473 g/mol. The van der Waals surface area contributed by atoms with Crippen LogP contribution in [0.25, 0.3) is 0 Å². The number of aryl methyl sites for hydroxylation is 2. The van der Waals surface area contributed by atoms with E-state index in [1.54, 1.807) is 12.1 Å². The Kier molecular flexibility index (Phi) is 7.08. The molecule has 2 amide bonds. The van der Waals surface area contributed by atoms with Crippen molar-refractivity contribution in [2.45, 2.75) is 20.3 Å². The van der Waals surface area contributed by atoms with E-state index in [4.69, 9.17) is 23.2 Å². The van der Waals surface area contributed by atoms with Crippen LogP contribution in [0.15, 0.2) is 36.4 Å². The number of amides is 2. The summed E-state index contributed by atoms with van der Waals surface area (Å²) in [6.45, 7) is 8.99. The number of nitrogens with one attached hydrogen (secondary N) is 1. The van der Waals surface area contributed by atoms with E-state index in [2.05, 4.69) is 10.2 Å². The van der Waals surface area contributed by atoms with Crippen molar-refractivity contribution in [2.75, 3.05) is 39.3 Å². The molecule has 0 bridgehead atoms. The molecule has 1 N–H and O–H groups in total. The molecule has 2 atom stereocenters. The van der Waals surface area contributed by atoms with Crippen molar-refractivity contribution in [3.8, 4) is 0 Å². The Morgan fingerprint density at radius 2 is 1.72 bits per heavy atom. The van der Waals surface area contributed by atoms with Gasteiger partial charge in [0.15, 0.2) is 0 Å². The summed E-state index contributed by atoms with van der Waals surface area (Å²) in [6.07, 6.45) is 0.895. The smallest absolute Gasteiger partial charge is 0.255 e. The largest absolute Gasteiger partial charge is 0.352 e. The van der Waals surface area contributed by atoms with Crippen molar-refractivity contribution < 1.29 is 9.59 Å². The number of carbonyl (C=O) groups excluding carboxylic acids is 2. The van der Waals surface area contributed by atoms with Crippen LogP contribution < -0.4 is 5.32 Å². The maximum Gasteiger partial charge on any atom is 0.255 e. The molecule has 7 heteroatoms. The summed E-state index contributed by atoms with van der Waals surface area (Å²) in [4.78, 5) is 29.6. The lowest BCUT2D eigenvalue weighted by atomic mass is 10.0. The highest BCUT2D eigenvalue weighted by Crippen LogP contribution is 2.33. The Hall–Kier alpha value is -2.08. The summed E-state index contributed by atoms with van der Waals surface area (Å²) in [5.41, 5.74) is 3.09. The molecule has 2 heterocycles. The summed E-state index contributed by atoms with van der Waals surface area (Å²) < 4.78 is 0. The number of benzene rings is 2. The fourth-order valence-corrected chi connectivity index (χ4v) is 5.15. The van der Waals surface area contributed by atoms with E-state index in [9.17, 15) is 9.59 Å². The van der Waals surface area contributed by atoms with Gasteiger partial charge in [-0.3, -0.25) is 9.59 Å². The van der Waals surface area contributed by atoms with Crippen LogP contribution in [0.4, 0.5) is 0 Å². The second-order valence-corrected chi connectivity index (χ2v) is 9.78. The topological polar surface area (TPSA) is 52.7 Å². The van der Waals surface area contributed by atoms with Crippen molar-refractivity contribution in [1.29, 1.82) is 0 Å². The molecule has 4 rings (SSSR count). The van der Waals surface area contributed by atoms with Gasteiger partial charge in [-0.05, 0) is 68.0 Å². The third-order valence-corrected chi connectivity index (χ3v) is 7.55. The second kappa shape index (κ2) is 9.82. The molecule has 0 radical (unpaired) electrons. The number of carbonyl (C=O) groups is 2. The average Bonchev–Trinajstić information content (AvgIpc) is 3.33. The maximum atomic E-state index is 12.9. The van der Waals surface area contributed by atoms with Crippen LogP contribution in [-0.4, -0.2) is 60.9 Å². The SMILES string of the molecule is Cc1ccc(C(=O)NCCCN2CC3CN(C(=O)c4cccc(C)c4Cl)CC3C2)cc1Cl. The van der Waals surface area contributed by atoms with Crippen molar-refractivity contribution in [3.63, 3.8) is 0 Å². The maximum absolute atomic E-state index is 12.9. The summed E-state index contributed by atoms with van der Waals surface area (Å²) in [6, 6.07) is 11.0. The Labute approximate surface area is 199 Å². The van der Waals surface area contributed by atoms with Gasteiger partial charge in [-0.25, -0.2) is 0 Å². The second-order valence-electron chi connectivity index (χ2n) is 9.00. The minimum atomic E-state index is -0.0887. The van der Waals surface area contributed by atoms with Crippen LogP contribution in [0, 0.1) is 25.7 Å². The van der Waals surface area contributed by atoms with E-state index in [0.717, 1.165) is 50.3 Å². The highest BCUT2D eigenvalue weighted by atomic mass is 35.5. The lowest BCUT2D eigenvalue weighted by molar-refractivity contribution is 0.0774. The number of rotatable bonds is 6. The van der Waals surface area contributed by atoms with Gasteiger partial charge < -0.3 is 15.1 Å². The molecule has 0 aliphatic carbocycles. The molecule has 2 fully saturated rings. The molecule has 2 unspecified atom stereocenters. The lowest BCUT2D eigenvalue weighted by Gasteiger charge is -2.22. The summed E-state index contributed by atoms with van der Waals surface area (Å²) in [5, 5.41) is 4.15. The van der Waals surface area contributed by atoms with Gasteiger partial charge in [0.05, 0.1) is 10.6 Å². The molecule has 2 aromatic carbocycles. The van der Waals surface area contributed by atoms with E-state index < -0.39 is 0 Å². The minimum Gasteiger partial charge on any atom is -0.352 e.